The highest BCUT2D eigenvalue weighted by Gasteiger charge is 2.04. The van der Waals surface area contributed by atoms with Crippen LogP contribution in [0.2, 0.25) is 0 Å². The van der Waals surface area contributed by atoms with Crippen LogP contribution in [-0.4, -0.2) is 11.1 Å². The van der Waals surface area contributed by atoms with Crippen LogP contribution in [0.15, 0.2) is 24.3 Å². The van der Waals surface area contributed by atoms with Crippen molar-refractivity contribution < 1.29 is 4.79 Å². The monoisotopic (exact) mass is 275 g/mol. The zero-order valence-electron chi connectivity index (χ0n) is 8.66. The fourth-order valence-corrected chi connectivity index (χ4v) is 1.35. The average molecular weight is 276 g/mol. The molecule has 0 aromatic heterocycles. The molecule has 0 N–H and O–H groups in total. The van der Waals surface area contributed by atoms with Gasteiger partial charge in [0.15, 0.2) is 5.78 Å². The van der Waals surface area contributed by atoms with Crippen molar-refractivity contribution >= 4 is 21.7 Å². The van der Waals surface area contributed by atoms with Gasteiger partial charge in [-0.2, -0.15) is 5.26 Å². The first-order valence-corrected chi connectivity index (χ1v) is 5.95. The highest BCUT2D eigenvalue weighted by molar-refractivity contribution is 9.09. The molecule has 0 aliphatic rings. The molecule has 0 spiro atoms. The van der Waals surface area contributed by atoms with Gasteiger partial charge in [0.25, 0.3) is 0 Å². The molecule has 0 aliphatic heterocycles. The first kappa shape index (κ1) is 12.5. The van der Waals surface area contributed by atoms with E-state index in [-0.39, 0.29) is 12.2 Å². The van der Waals surface area contributed by atoms with Crippen LogP contribution in [0.5, 0.6) is 0 Å². The second kappa shape index (κ2) is 6.82. The quantitative estimate of drug-likeness (QED) is 0.484. The first-order chi connectivity index (χ1) is 7.77. The normalized spacial score (nSPS) is 8.75. The molecule has 1 aromatic carbocycles. The van der Waals surface area contributed by atoms with Gasteiger partial charge in [-0.3, -0.25) is 4.79 Å². The molecule has 0 amide bonds. The Labute approximate surface area is 103 Å². The molecule has 0 aliphatic carbocycles. The van der Waals surface area contributed by atoms with Crippen LogP contribution >= 0.6 is 15.9 Å². The number of alkyl halides is 1. The Kier molecular flexibility index (Phi) is 5.32. The van der Waals surface area contributed by atoms with Crippen molar-refractivity contribution in [3.05, 3.63) is 35.4 Å². The molecule has 3 heteroatoms. The average Bonchev–Trinajstić information content (AvgIpc) is 2.30. The molecule has 0 fully saturated rings. The predicted octanol–water partition coefficient (Wildman–Crippen LogP) is 2.92. The molecule has 1 rings (SSSR count). The third-order valence-corrected chi connectivity index (χ3v) is 2.27. The summed E-state index contributed by atoms with van der Waals surface area (Å²) in [6, 6.07) is 8.90. The largest absolute Gasteiger partial charge is 0.293 e. The van der Waals surface area contributed by atoms with Gasteiger partial charge in [0, 0.05) is 22.9 Å². The number of ketones is 1. The highest BCUT2D eigenvalue weighted by atomic mass is 79.9. The minimum absolute atomic E-state index is 0.0850. The molecule has 0 saturated heterocycles. The van der Waals surface area contributed by atoms with Crippen molar-refractivity contribution in [1.29, 1.82) is 5.26 Å². The zero-order valence-corrected chi connectivity index (χ0v) is 10.3. The molecule has 0 saturated carbocycles. The molecule has 0 bridgehead atoms. The molecule has 1 aromatic rings. The maximum absolute atomic E-state index is 11.4. The number of rotatable bonds is 3. The number of nitrogens with zero attached hydrogens (tertiary/aromatic N) is 1. The Bertz CT molecular complexity index is 477. The number of halogens is 1. The van der Waals surface area contributed by atoms with Gasteiger partial charge in [-0.25, -0.2) is 0 Å². The van der Waals surface area contributed by atoms with E-state index in [0.717, 1.165) is 17.3 Å². The maximum Gasteiger partial charge on any atom is 0.176 e. The Morgan fingerprint density at radius 3 is 2.94 bits per heavy atom. The Hall–Kier alpha value is -1.58. The smallest absolute Gasteiger partial charge is 0.176 e. The van der Waals surface area contributed by atoms with Crippen molar-refractivity contribution in [2.75, 3.05) is 5.33 Å². The number of nitriles is 1. The van der Waals surface area contributed by atoms with Gasteiger partial charge in [0.1, 0.15) is 0 Å². The number of hydrogen-bond donors (Lipinski definition) is 0. The Morgan fingerprint density at radius 1 is 1.44 bits per heavy atom. The van der Waals surface area contributed by atoms with E-state index in [9.17, 15) is 4.79 Å². The van der Waals surface area contributed by atoms with E-state index < -0.39 is 0 Å². The summed E-state index contributed by atoms with van der Waals surface area (Å²) in [7, 11) is 0. The first-order valence-electron chi connectivity index (χ1n) is 4.83. The van der Waals surface area contributed by atoms with Crippen LogP contribution in [-0.2, 0) is 0 Å². The Balaban J connectivity index is 2.85. The number of Topliss-reactive ketones (excluding diaryl/α,β-unsaturated/α-hetero) is 1. The Morgan fingerprint density at radius 2 is 2.25 bits per heavy atom. The van der Waals surface area contributed by atoms with Gasteiger partial charge < -0.3 is 0 Å². The summed E-state index contributed by atoms with van der Waals surface area (Å²) in [6.45, 7) is 0. The lowest BCUT2D eigenvalue weighted by Crippen LogP contribution is -1.97. The molecule has 0 unspecified atom stereocenters. The van der Waals surface area contributed by atoms with E-state index in [0.29, 0.717) is 5.56 Å². The molecule has 2 nitrogen and oxygen atoms in total. The number of carbonyl (C=O) groups is 1. The van der Waals surface area contributed by atoms with Crippen LogP contribution in [0.25, 0.3) is 0 Å². The summed E-state index contributed by atoms with van der Waals surface area (Å²) in [6.07, 6.45) is 0.689. The van der Waals surface area contributed by atoms with Gasteiger partial charge in [-0.15, -0.1) is 0 Å². The minimum Gasteiger partial charge on any atom is -0.293 e. The van der Waals surface area contributed by atoms with E-state index in [1.807, 2.05) is 12.1 Å². The summed E-state index contributed by atoms with van der Waals surface area (Å²) >= 11 is 3.29. The minimum atomic E-state index is -0.161. The van der Waals surface area contributed by atoms with E-state index in [1.54, 1.807) is 18.2 Å². The van der Waals surface area contributed by atoms with Crippen molar-refractivity contribution in [3.63, 3.8) is 0 Å². The standard InChI is InChI=1S/C13H10BrNO/c14-8-2-1-4-11-5-3-6-12(10-11)13(16)7-9-15/h3,5-6,10H,2,7-8H2. The van der Waals surface area contributed by atoms with Crippen LogP contribution in [0, 0.1) is 23.2 Å². The van der Waals surface area contributed by atoms with E-state index in [4.69, 9.17) is 5.26 Å². The van der Waals surface area contributed by atoms with E-state index in [2.05, 4.69) is 27.8 Å². The topological polar surface area (TPSA) is 40.9 Å². The predicted molar refractivity (Wildman–Crippen MR) is 66.3 cm³/mol. The van der Waals surface area contributed by atoms with Crippen molar-refractivity contribution in [3.8, 4) is 17.9 Å². The fourth-order valence-electron chi connectivity index (χ4n) is 1.16. The molecule has 16 heavy (non-hydrogen) atoms. The summed E-state index contributed by atoms with van der Waals surface area (Å²) in [4.78, 5) is 11.4. The summed E-state index contributed by atoms with van der Waals surface area (Å²) < 4.78 is 0. The lowest BCUT2D eigenvalue weighted by atomic mass is 10.1. The number of hydrogen-bond acceptors (Lipinski definition) is 2. The maximum atomic E-state index is 11.4. The molecule has 0 atom stereocenters. The summed E-state index contributed by atoms with van der Waals surface area (Å²) in [5, 5.41) is 9.28. The molecular weight excluding hydrogens is 266 g/mol. The third-order valence-electron chi connectivity index (χ3n) is 1.88. The highest BCUT2D eigenvalue weighted by Crippen LogP contribution is 2.06. The third kappa shape index (κ3) is 3.88. The van der Waals surface area contributed by atoms with Gasteiger partial charge in [-0.1, -0.05) is 39.9 Å². The molecule has 0 radical (unpaired) electrons. The van der Waals surface area contributed by atoms with Crippen LogP contribution in [0.3, 0.4) is 0 Å². The second-order valence-corrected chi connectivity index (χ2v) is 3.87. The van der Waals surface area contributed by atoms with Crippen LogP contribution in [0.4, 0.5) is 0 Å². The number of carbonyl (C=O) groups excluding carboxylic acids is 1. The van der Waals surface area contributed by atoms with Crippen LogP contribution in [0.1, 0.15) is 28.8 Å². The SMILES string of the molecule is N#CCC(=O)c1cccc(C#CCCBr)c1. The van der Waals surface area contributed by atoms with Gasteiger partial charge in [0.05, 0.1) is 12.5 Å². The van der Waals surface area contributed by atoms with E-state index >= 15 is 0 Å². The second-order valence-electron chi connectivity index (χ2n) is 3.08. The summed E-state index contributed by atoms with van der Waals surface area (Å²) in [5.74, 6) is 5.78. The van der Waals surface area contributed by atoms with Gasteiger partial charge in [-0.05, 0) is 12.1 Å². The van der Waals surface area contributed by atoms with E-state index in [1.165, 1.54) is 0 Å². The molecule has 80 valence electrons. The zero-order chi connectivity index (χ0) is 11.8. The number of benzene rings is 1. The fraction of sp³-hybridized carbons (Fsp3) is 0.231. The van der Waals surface area contributed by atoms with Crippen molar-refractivity contribution in [2.45, 2.75) is 12.8 Å². The van der Waals surface area contributed by atoms with Gasteiger partial charge >= 0.3 is 0 Å². The van der Waals surface area contributed by atoms with Crippen molar-refractivity contribution in [2.24, 2.45) is 0 Å². The van der Waals surface area contributed by atoms with Crippen LogP contribution < -0.4 is 0 Å². The van der Waals surface area contributed by atoms with Crippen molar-refractivity contribution in [1.82, 2.24) is 0 Å². The van der Waals surface area contributed by atoms with Gasteiger partial charge in [0.2, 0.25) is 0 Å². The molecular formula is C13H10BrNO. The summed E-state index contributed by atoms with van der Waals surface area (Å²) in [5.41, 5.74) is 1.36. The lowest BCUT2D eigenvalue weighted by molar-refractivity contribution is 0.0997. The lowest BCUT2D eigenvalue weighted by Gasteiger charge is -1.96. The molecule has 0 heterocycles.